The Morgan fingerprint density at radius 3 is 2.21 bits per heavy atom. The minimum Gasteiger partial charge on any atom is -0.463 e. The van der Waals surface area contributed by atoms with Crippen molar-refractivity contribution in [3.8, 4) is 0 Å². The number of rotatable bonds is 6. The number of ether oxygens (including phenoxy) is 6. The highest BCUT2D eigenvalue weighted by Crippen LogP contribution is 2.45. The molecule has 11 heteroatoms. The van der Waals surface area contributed by atoms with Gasteiger partial charge in [0.2, 0.25) is 0 Å². The number of likely N-dealkylation sites (N-methyl/N-ethyl adjacent to an activating group) is 1. The molecule has 0 saturated carbocycles. The summed E-state index contributed by atoms with van der Waals surface area (Å²) in [5, 5.41) is 23.2. The normalized spacial score (nSPS) is 44.4. The number of aliphatic hydroxyl groups is 2. The van der Waals surface area contributed by atoms with Gasteiger partial charge in [-0.2, -0.15) is 0 Å². The largest absolute Gasteiger partial charge is 0.463 e. The fraction of sp³-hybridized carbons (Fsp3) is 0.865. The number of cyclic esters (lactones) is 1. The fourth-order valence-corrected chi connectivity index (χ4v) is 7.77. The Morgan fingerprint density at radius 1 is 0.958 bits per heavy atom. The monoisotopic (exact) mass is 681 g/mol. The highest BCUT2D eigenvalue weighted by molar-refractivity contribution is 5.73. The summed E-state index contributed by atoms with van der Waals surface area (Å²) in [4.78, 5) is 16.0. The molecule has 4 heterocycles. The maximum Gasteiger partial charge on any atom is 0.311 e. The number of methoxy groups -OCH3 is 1. The molecule has 15 atom stereocenters. The SMILES string of the molecule is CO[C@]1(C)CC(OC2[C@H](C)C(OC3O[C@H](C)CC(N(C)C)C3O)c3cc(C)c(o3)[C@H](C)C(O)C(C)(C)C(C)OC(=O)[C@@H]2C)O[C@@H](C)C1C. The van der Waals surface area contributed by atoms with E-state index in [1.807, 2.05) is 80.5 Å². The summed E-state index contributed by atoms with van der Waals surface area (Å²) in [5.41, 5.74) is -0.459. The van der Waals surface area contributed by atoms with Crippen molar-refractivity contribution in [2.24, 2.45) is 23.2 Å². The lowest BCUT2D eigenvalue weighted by atomic mass is 9.75. The molecule has 3 aliphatic rings. The van der Waals surface area contributed by atoms with E-state index in [0.717, 1.165) is 5.56 Å². The maximum absolute atomic E-state index is 14.0. The third-order valence-corrected chi connectivity index (χ3v) is 12.0. The molecule has 1 aromatic heterocycles. The van der Waals surface area contributed by atoms with E-state index in [1.54, 1.807) is 14.0 Å². The van der Waals surface area contributed by atoms with Gasteiger partial charge in [-0.3, -0.25) is 4.79 Å². The third kappa shape index (κ3) is 7.68. The molecule has 2 fully saturated rings. The average molecular weight is 682 g/mol. The standard InChI is InChI=1S/C37H63NO10/c1-18-15-27-32(48-35-29(39)26(38(12)13)16-19(2)43-35)20(3)31(47-28-17-37(11,42-14)23(6)24(7)44-28)22(5)34(41)45-25(8)36(9,10)33(40)21(4)30(18)46-27/h15,19-26,28-29,31-33,35,39-40H,16-17H2,1-14H3/t19-,20+,21+,22-,23?,24+,25?,26?,28?,29?,31?,32?,33?,35?,37-/m1/s1. The van der Waals surface area contributed by atoms with Crippen molar-refractivity contribution in [1.29, 1.82) is 0 Å². The first-order chi connectivity index (χ1) is 22.2. The summed E-state index contributed by atoms with van der Waals surface area (Å²) < 4.78 is 44.9. The van der Waals surface area contributed by atoms with Crippen molar-refractivity contribution in [2.75, 3.05) is 21.2 Å². The van der Waals surface area contributed by atoms with E-state index in [-0.39, 0.29) is 24.2 Å². The van der Waals surface area contributed by atoms with Crippen molar-refractivity contribution >= 4 is 5.97 Å². The van der Waals surface area contributed by atoms with Crippen LogP contribution < -0.4 is 0 Å². The molecular formula is C37H63NO10. The quantitative estimate of drug-likeness (QED) is 0.378. The van der Waals surface area contributed by atoms with E-state index in [1.165, 1.54) is 0 Å². The van der Waals surface area contributed by atoms with Crippen LogP contribution in [-0.4, -0.2) is 103 Å². The molecule has 3 aliphatic heterocycles. The Hall–Kier alpha value is -1.57. The zero-order chi connectivity index (χ0) is 36.0. The van der Waals surface area contributed by atoms with Gasteiger partial charge < -0.3 is 48.0 Å². The van der Waals surface area contributed by atoms with Gasteiger partial charge in [-0.25, -0.2) is 0 Å². The molecule has 2 bridgehead atoms. The van der Waals surface area contributed by atoms with Crippen molar-refractivity contribution in [3.05, 3.63) is 23.2 Å². The fourth-order valence-electron chi connectivity index (χ4n) is 7.77. The number of hydrogen-bond acceptors (Lipinski definition) is 11. The van der Waals surface area contributed by atoms with Crippen LogP contribution in [0.2, 0.25) is 0 Å². The first-order valence-corrected chi connectivity index (χ1v) is 17.7. The number of carbonyl (C=O) groups is 1. The topological polar surface area (TPSA) is 129 Å². The van der Waals surface area contributed by atoms with Crippen molar-refractivity contribution in [1.82, 2.24) is 4.90 Å². The summed E-state index contributed by atoms with van der Waals surface area (Å²) >= 11 is 0. The molecule has 0 amide bonds. The number of esters is 1. The average Bonchev–Trinajstić information content (AvgIpc) is 3.41. The lowest BCUT2D eigenvalue weighted by Gasteiger charge is -2.47. The van der Waals surface area contributed by atoms with Gasteiger partial charge in [0, 0.05) is 42.7 Å². The molecule has 1 aromatic rings. The Bertz CT molecular complexity index is 1230. The number of nitrogens with zero attached hydrogens (tertiary/aromatic N) is 1. The Labute approximate surface area is 287 Å². The van der Waals surface area contributed by atoms with Crippen LogP contribution in [0.5, 0.6) is 0 Å². The van der Waals surface area contributed by atoms with Gasteiger partial charge in [0.25, 0.3) is 0 Å². The first kappa shape index (κ1) is 39.2. The number of furan rings is 1. The minimum absolute atomic E-state index is 0.107. The molecule has 0 aliphatic carbocycles. The van der Waals surface area contributed by atoms with Crippen LogP contribution in [0.3, 0.4) is 0 Å². The van der Waals surface area contributed by atoms with Gasteiger partial charge in [0.1, 0.15) is 29.8 Å². The van der Waals surface area contributed by atoms with Crippen molar-refractivity contribution in [3.63, 3.8) is 0 Å². The third-order valence-electron chi connectivity index (χ3n) is 12.0. The number of aryl methyl sites for hydroxylation is 1. The van der Waals surface area contributed by atoms with E-state index in [9.17, 15) is 15.0 Å². The number of hydrogen-bond donors (Lipinski definition) is 2. The van der Waals surface area contributed by atoms with Gasteiger partial charge >= 0.3 is 5.97 Å². The zero-order valence-corrected chi connectivity index (χ0v) is 31.7. The second-order valence-electron chi connectivity index (χ2n) is 16.0. The van der Waals surface area contributed by atoms with Crippen LogP contribution >= 0.6 is 0 Å². The summed E-state index contributed by atoms with van der Waals surface area (Å²) in [5.74, 6) is -0.943. The van der Waals surface area contributed by atoms with Crippen molar-refractivity contribution in [2.45, 2.75) is 162 Å². The number of aliphatic hydroxyl groups excluding tert-OH is 2. The molecule has 276 valence electrons. The number of fused-ring (bicyclic) bond motifs is 2. The van der Waals surface area contributed by atoms with Gasteiger partial charge in [0.05, 0.1) is 35.9 Å². The lowest BCUT2D eigenvalue weighted by molar-refractivity contribution is -0.300. The van der Waals surface area contributed by atoms with Crippen molar-refractivity contribution < 1.29 is 47.8 Å². The molecular weight excluding hydrogens is 618 g/mol. The summed E-state index contributed by atoms with van der Waals surface area (Å²) in [6.45, 7) is 21.3. The van der Waals surface area contributed by atoms with E-state index < -0.39 is 77.8 Å². The Kier molecular flexibility index (Phi) is 12.2. The molecule has 2 N–H and O–H groups in total. The van der Waals surface area contributed by atoms with Crippen LogP contribution in [0.4, 0.5) is 0 Å². The zero-order valence-electron chi connectivity index (χ0n) is 31.7. The maximum atomic E-state index is 14.0. The highest BCUT2D eigenvalue weighted by atomic mass is 16.7. The van der Waals surface area contributed by atoms with Gasteiger partial charge in [-0.05, 0) is 73.7 Å². The van der Waals surface area contributed by atoms with Crippen LogP contribution in [0, 0.1) is 30.1 Å². The molecule has 48 heavy (non-hydrogen) atoms. The van der Waals surface area contributed by atoms with Crippen LogP contribution in [0.1, 0.15) is 111 Å². The predicted molar refractivity (Wildman–Crippen MR) is 180 cm³/mol. The molecule has 0 aromatic carbocycles. The first-order valence-electron chi connectivity index (χ1n) is 17.7. The highest BCUT2D eigenvalue weighted by Gasteiger charge is 2.49. The smallest absolute Gasteiger partial charge is 0.311 e. The van der Waals surface area contributed by atoms with Crippen LogP contribution in [0.15, 0.2) is 10.5 Å². The Balaban J connectivity index is 1.83. The van der Waals surface area contributed by atoms with Crippen LogP contribution in [0.25, 0.3) is 0 Å². The molecule has 0 spiro atoms. The van der Waals surface area contributed by atoms with Crippen LogP contribution in [-0.2, 0) is 33.2 Å². The molecule has 11 nitrogen and oxygen atoms in total. The second-order valence-corrected chi connectivity index (χ2v) is 16.0. The Morgan fingerprint density at radius 2 is 1.60 bits per heavy atom. The van der Waals surface area contributed by atoms with Gasteiger partial charge in [-0.15, -0.1) is 0 Å². The number of carbonyl (C=O) groups excluding carboxylic acids is 1. The molecule has 9 unspecified atom stereocenters. The summed E-state index contributed by atoms with van der Waals surface area (Å²) in [7, 11) is 5.56. The summed E-state index contributed by atoms with van der Waals surface area (Å²) in [6.07, 6.45) is -4.95. The van der Waals surface area contributed by atoms with E-state index in [0.29, 0.717) is 24.4 Å². The lowest BCUT2D eigenvalue weighted by Crippen LogP contribution is -2.55. The second kappa shape index (κ2) is 15.0. The van der Waals surface area contributed by atoms with Gasteiger partial charge in [0.15, 0.2) is 12.6 Å². The predicted octanol–water partition coefficient (Wildman–Crippen LogP) is 5.34. The van der Waals surface area contributed by atoms with E-state index in [2.05, 4.69) is 13.8 Å². The molecule has 4 rings (SSSR count). The molecule has 0 radical (unpaired) electrons. The molecule has 2 saturated heterocycles. The van der Waals surface area contributed by atoms with E-state index in [4.69, 9.17) is 32.8 Å². The van der Waals surface area contributed by atoms with Gasteiger partial charge in [-0.1, -0.05) is 34.6 Å². The van der Waals surface area contributed by atoms with E-state index >= 15 is 0 Å². The summed E-state index contributed by atoms with van der Waals surface area (Å²) in [6, 6.07) is 1.73. The minimum atomic E-state index is -0.980.